The third-order valence-electron chi connectivity index (χ3n) is 9.22. The van der Waals surface area contributed by atoms with Crippen molar-refractivity contribution in [3.63, 3.8) is 0 Å². The maximum Gasteiger partial charge on any atom is 0.421 e. The van der Waals surface area contributed by atoms with Crippen LogP contribution < -0.4 is 16.0 Å². The molecule has 12 nitrogen and oxygen atoms in total. The third kappa shape index (κ3) is 7.64. The summed E-state index contributed by atoms with van der Waals surface area (Å²) < 4.78 is 56.5. The monoisotopic (exact) mass is 701 g/mol. The Hall–Kier alpha value is -4.30. The first kappa shape index (κ1) is 36.0. The predicted octanol–water partition coefficient (Wildman–Crippen LogP) is 6.87. The fraction of sp³-hybridized carbons (Fsp3) is 0.394. The minimum Gasteiger partial charge on any atom is -0.393 e. The number of hydrogen-bond donors (Lipinski definition) is 6. The number of aliphatic hydroxyl groups excluding tert-OH is 1. The molecule has 1 fully saturated rings. The Bertz CT molecular complexity index is 1830. The highest BCUT2D eigenvalue weighted by atomic mass is 31.2. The molecule has 49 heavy (non-hydrogen) atoms. The van der Waals surface area contributed by atoms with Gasteiger partial charge in [-0.2, -0.15) is 23.3 Å². The van der Waals surface area contributed by atoms with Crippen molar-refractivity contribution in [2.75, 3.05) is 17.7 Å². The van der Waals surface area contributed by atoms with E-state index in [4.69, 9.17) is 0 Å². The third-order valence-corrected chi connectivity index (χ3v) is 11.2. The van der Waals surface area contributed by atoms with E-state index in [9.17, 15) is 37.4 Å². The smallest absolute Gasteiger partial charge is 0.393 e. The Morgan fingerprint density at radius 2 is 1.65 bits per heavy atom. The van der Waals surface area contributed by atoms with Gasteiger partial charge in [0.05, 0.1) is 34.7 Å². The summed E-state index contributed by atoms with van der Waals surface area (Å²) in [5.74, 6) is -1.31. The molecule has 6 N–H and O–H groups in total. The SMILES string of the molecule is CCC(CC)(c1ccc(Nc2ncc(C(F)(F)F)c(Nc3ccc(-c4cnn(C5CCC(O)CC5)c4)cc3C(=O)NC)n2)cc1)P(=O)(O)O. The van der Waals surface area contributed by atoms with E-state index >= 15 is 0 Å². The van der Waals surface area contributed by atoms with Gasteiger partial charge in [-0.15, -0.1) is 0 Å². The number of aliphatic hydroxyl groups is 1. The molecule has 0 aliphatic heterocycles. The first-order chi connectivity index (χ1) is 23.2. The molecular formula is C33H39F3N7O5P. The molecule has 5 rings (SSSR count). The molecule has 1 aliphatic rings. The van der Waals surface area contributed by atoms with Gasteiger partial charge in [0, 0.05) is 30.7 Å². The van der Waals surface area contributed by atoms with Crippen LogP contribution >= 0.6 is 7.60 Å². The topological polar surface area (TPSA) is 175 Å². The van der Waals surface area contributed by atoms with Crippen LogP contribution in [-0.4, -0.2) is 53.7 Å². The van der Waals surface area contributed by atoms with Crippen molar-refractivity contribution in [3.8, 4) is 11.1 Å². The molecule has 0 spiro atoms. The van der Waals surface area contributed by atoms with Crippen LogP contribution in [0.4, 0.5) is 36.3 Å². The summed E-state index contributed by atoms with van der Waals surface area (Å²) in [6.07, 6.45) is 2.35. The predicted molar refractivity (Wildman–Crippen MR) is 179 cm³/mol. The van der Waals surface area contributed by atoms with Gasteiger partial charge in [-0.05, 0) is 73.9 Å². The second kappa shape index (κ2) is 14.3. The van der Waals surface area contributed by atoms with Crippen molar-refractivity contribution in [2.24, 2.45) is 0 Å². The van der Waals surface area contributed by atoms with Crippen LogP contribution in [0.3, 0.4) is 0 Å². The summed E-state index contributed by atoms with van der Waals surface area (Å²) >= 11 is 0. The van der Waals surface area contributed by atoms with Crippen molar-refractivity contribution in [1.29, 1.82) is 0 Å². The number of hydrogen-bond acceptors (Lipinski definition) is 8. The van der Waals surface area contributed by atoms with Crippen molar-refractivity contribution in [1.82, 2.24) is 25.1 Å². The second-order valence-electron chi connectivity index (χ2n) is 12.1. The summed E-state index contributed by atoms with van der Waals surface area (Å²) in [5, 5.41) is 21.0. The number of amides is 1. The molecule has 262 valence electrons. The number of anilines is 4. The number of rotatable bonds is 11. The molecule has 4 aromatic rings. The van der Waals surface area contributed by atoms with E-state index in [0.29, 0.717) is 41.4 Å². The molecule has 0 atom stereocenters. The van der Waals surface area contributed by atoms with Crippen LogP contribution in [0, 0.1) is 0 Å². The largest absolute Gasteiger partial charge is 0.421 e. The zero-order chi connectivity index (χ0) is 35.6. The average molecular weight is 702 g/mol. The summed E-state index contributed by atoms with van der Waals surface area (Å²) in [6.45, 7) is 3.39. The summed E-state index contributed by atoms with van der Waals surface area (Å²) in [5.41, 5.74) is 1.14. The number of benzene rings is 2. The first-order valence-electron chi connectivity index (χ1n) is 15.9. The van der Waals surface area contributed by atoms with E-state index in [0.717, 1.165) is 12.8 Å². The van der Waals surface area contributed by atoms with E-state index in [1.807, 2.05) is 10.9 Å². The number of carbonyl (C=O) groups is 1. The van der Waals surface area contributed by atoms with Crippen LogP contribution in [0.25, 0.3) is 11.1 Å². The van der Waals surface area contributed by atoms with Crippen molar-refractivity contribution in [3.05, 3.63) is 77.7 Å². The molecule has 2 aromatic heterocycles. The Kier molecular flexibility index (Phi) is 10.5. The van der Waals surface area contributed by atoms with Gasteiger partial charge in [0.1, 0.15) is 11.4 Å². The lowest BCUT2D eigenvalue weighted by atomic mass is 9.92. The molecular weight excluding hydrogens is 662 g/mol. The fourth-order valence-electron chi connectivity index (χ4n) is 6.27. The highest BCUT2D eigenvalue weighted by molar-refractivity contribution is 7.53. The minimum absolute atomic E-state index is 0.0733. The summed E-state index contributed by atoms with van der Waals surface area (Å²) in [7, 11) is -3.10. The van der Waals surface area contributed by atoms with Gasteiger partial charge < -0.3 is 30.8 Å². The van der Waals surface area contributed by atoms with Gasteiger partial charge >= 0.3 is 13.8 Å². The normalized spacial score (nSPS) is 17.1. The molecule has 1 amide bonds. The Morgan fingerprint density at radius 1 is 0.980 bits per heavy atom. The lowest BCUT2D eigenvalue weighted by Gasteiger charge is -2.33. The van der Waals surface area contributed by atoms with E-state index in [2.05, 4.69) is 31.0 Å². The highest BCUT2D eigenvalue weighted by Gasteiger charge is 2.45. The average Bonchev–Trinajstić information content (AvgIpc) is 3.56. The van der Waals surface area contributed by atoms with Gasteiger partial charge in [0.15, 0.2) is 0 Å². The van der Waals surface area contributed by atoms with Crippen LogP contribution in [0.1, 0.15) is 79.9 Å². The Morgan fingerprint density at radius 3 is 2.24 bits per heavy atom. The van der Waals surface area contributed by atoms with E-state index in [-0.39, 0.29) is 42.2 Å². The molecule has 0 unspecified atom stereocenters. The number of alkyl halides is 3. The summed E-state index contributed by atoms with van der Waals surface area (Å²) in [4.78, 5) is 41.1. The molecule has 0 bridgehead atoms. The lowest BCUT2D eigenvalue weighted by Crippen LogP contribution is -2.24. The van der Waals surface area contributed by atoms with Gasteiger partial charge in [0.25, 0.3) is 5.91 Å². The van der Waals surface area contributed by atoms with Gasteiger partial charge in [-0.3, -0.25) is 14.0 Å². The van der Waals surface area contributed by atoms with Crippen LogP contribution in [0.15, 0.2) is 61.1 Å². The van der Waals surface area contributed by atoms with E-state index < -0.39 is 36.2 Å². The standard InChI is InChI=1S/C33H39F3N7O5P/c1-4-32(5-2,49(46,47)48)22-7-9-23(10-8-22)40-31-38-18-27(33(34,35)36)29(42-31)41-28-15-6-20(16-26(28)30(45)37-3)21-17-39-43(19-21)24-11-13-25(44)14-12-24/h6-10,15-19,24-25,44H,4-5,11-14H2,1-3H3,(H,37,45)(H2,46,47,48)(H2,38,40,41,42). The van der Waals surface area contributed by atoms with Crippen molar-refractivity contribution in [2.45, 2.75) is 75.9 Å². The van der Waals surface area contributed by atoms with Gasteiger partial charge in [0.2, 0.25) is 5.95 Å². The molecule has 1 saturated carbocycles. The Balaban J connectivity index is 1.44. The van der Waals surface area contributed by atoms with Crippen molar-refractivity contribution >= 4 is 36.6 Å². The highest BCUT2D eigenvalue weighted by Crippen LogP contribution is 2.61. The van der Waals surface area contributed by atoms with Gasteiger partial charge in [-0.25, -0.2) is 4.98 Å². The van der Waals surface area contributed by atoms with Crippen molar-refractivity contribution < 1.29 is 37.4 Å². The molecule has 16 heteroatoms. The van der Waals surface area contributed by atoms with Crippen LogP contribution in [0.2, 0.25) is 0 Å². The molecule has 2 heterocycles. The summed E-state index contributed by atoms with van der Waals surface area (Å²) in [6, 6.07) is 11.1. The van der Waals surface area contributed by atoms with E-state index in [1.165, 1.54) is 13.1 Å². The lowest BCUT2D eigenvalue weighted by molar-refractivity contribution is -0.137. The molecule has 0 saturated heterocycles. The maximum atomic E-state index is 14.1. The first-order valence-corrected chi connectivity index (χ1v) is 17.5. The number of nitrogens with zero attached hydrogens (tertiary/aromatic N) is 4. The number of aromatic nitrogens is 4. The quantitative estimate of drug-likeness (QED) is 0.0906. The number of carbonyl (C=O) groups excluding carboxylic acids is 1. The zero-order valence-corrected chi connectivity index (χ0v) is 28.1. The van der Waals surface area contributed by atoms with Gasteiger partial charge in [-0.1, -0.05) is 32.0 Å². The molecule has 0 radical (unpaired) electrons. The molecule has 2 aromatic carbocycles. The van der Waals surface area contributed by atoms with Crippen LogP contribution in [-0.2, 0) is 15.9 Å². The van der Waals surface area contributed by atoms with Crippen LogP contribution in [0.5, 0.6) is 0 Å². The number of nitrogens with one attached hydrogen (secondary N) is 3. The maximum absolute atomic E-state index is 14.1. The number of halogens is 3. The fourth-order valence-corrected chi connectivity index (χ4v) is 7.58. The molecule has 1 aliphatic carbocycles. The zero-order valence-electron chi connectivity index (χ0n) is 27.2. The van der Waals surface area contributed by atoms with E-state index in [1.54, 1.807) is 56.4 Å². The second-order valence-corrected chi connectivity index (χ2v) is 14.0. The minimum atomic E-state index is -4.83. The Labute approximate surface area is 281 Å².